The zero-order valence-electron chi connectivity index (χ0n) is 12.0. The molecular weight excluding hydrogens is 258 g/mol. The summed E-state index contributed by atoms with van der Waals surface area (Å²) in [4.78, 5) is 4.37. The molecule has 0 radical (unpaired) electrons. The standard InChI is InChI=1S/C14H21N3OS/c1-9(19-13-16-10(2)11(3)18-13)7-14(4,8-15)17-12-5-6-12/h9,12,17H,5-7H2,1-4H3. The first-order valence-corrected chi connectivity index (χ1v) is 7.59. The maximum Gasteiger partial charge on any atom is 0.256 e. The van der Waals surface area contributed by atoms with E-state index < -0.39 is 5.54 Å². The van der Waals surface area contributed by atoms with Gasteiger partial charge in [-0.25, -0.2) is 4.98 Å². The van der Waals surface area contributed by atoms with Crippen molar-refractivity contribution in [2.45, 2.75) is 69.0 Å². The number of thioether (sulfide) groups is 1. The predicted octanol–water partition coefficient (Wildman–Crippen LogP) is 3.20. The van der Waals surface area contributed by atoms with Crippen molar-refractivity contribution in [3.63, 3.8) is 0 Å². The van der Waals surface area contributed by atoms with Crippen LogP contribution in [-0.2, 0) is 0 Å². The second-order valence-corrected chi connectivity index (χ2v) is 7.01. The van der Waals surface area contributed by atoms with Gasteiger partial charge in [-0.1, -0.05) is 18.7 Å². The molecular formula is C14H21N3OS. The van der Waals surface area contributed by atoms with Crippen LogP contribution >= 0.6 is 11.8 Å². The minimum absolute atomic E-state index is 0.286. The fourth-order valence-corrected chi connectivity index (χ4v) is 3.22. The largest absolute Gasteiger partial charge is 0.437 e. The third kappa shape index (κ3) is 3.99. The van der Waals surface area contributed by atoms with E-state index in [1.165, 1.54) is 12.8 Å². The minimum atomic E-state index is -0.454. The van der Waals surface area contributed by atoms with E-state index in [4.69, 9.17) is 4.42 Å². The van der Waals surface area contributed by atoms with Crippen LogP contribution in [0.4, 0.5) is 0 Å². The minimum Gasteiger partial charge on any atom is -0.437 e. The van der Waals surface area contributed by atoms with E-state index >= 15 is 0 Å². The van der Waals surface area contributed by atoms with Crippen LogP contribution in [0.3, 0.4) is 0 Å². The Balaban J connectivity index is 1.92. The molecule has 1 fully saturated rings. The first-order chi connectivity index (χ1) is 8.92. The van der Waals surface area contributed by atoms with Crippen molar-refractivity contribution in [1.82, 2.24) is 10.3 Å². The van der Waals surface area contributed by atoms with Crippen LogP contribution in [0.25, 0.3) is 0 Å². The molecule has 0 saturated heterocycles. The number of oxazole rings is 1. The lowest BCUT2D eigenvalue weighted by atomic mass is 9.98. The molecule has 0 bridgehead atoms. The Kier molecular flexibility index (Phi) is 4.22. The second kappa shape index (κ2) is 5.56. The highest BCUT2D eigenvalue weighted by atomic mass is 32.2. The molecule has 2 atom stereocenters. The summed E-state index contributed by atoms with van der Waals surface area (Å²) in [6, 6.07) is 2.94. The molecule has 1 heterocycles. The average molecular weight is 279 g/mol. The molecule has 19 heavy (non-hydrogen) atoms. The molecule has 1 aromatic rings. The molecule has 1 aliphatic carbocycles. The average Bonchev–Trinajstić information content (AvgIpc) is 3.06. The maximum absolute atomic E-state index is 9.36. The summed E-state index contributed by atoms with van der Waals surface area (Å²) >= 11 is 1.60. The van der Waals surface area contributed by atoms with Crippen LogP contribution in [0.5, 0.6) is 0 Å². The lowest BCUT2D eigenvalue weighted by molar-refractivity contribution is 0.408. The summed E-state index contributed by atoms with van der Waals surface area (Å²) in [5.74, 6) is 0.869. The summed E-state index contributed by atoms with van der Waals surface area (Å²) < 4.78 is 5.58. The Labute approximate surface area is 119 Å². The van der Waals surface area contributed by atoms with Gasteiger partial charge in [0.1, 0.15) is 11.3 Å². The normalized spacial score (nSPS) is 19.7. The topological polar surface area (TPSA) is 61.9 Å². The van der Waals surface area contributed by atoms with Gasteiger partial charge in [0.25, 0.3) is 5.22 Å². The Morgan fingerprint density at radius 2 is 2.26 bits per heavy atom. The van der Waals surface area contributed by atoms with E-state index in [0.717, 1.165) is 17.9 Å². The molecule has 0 aliphatic heterocycles. The third-order valence-corrected chi connectivity index (χ3v) is 4.30. The monoisotopic (exact) mass is 279 g/mol. The smallest absolute Gasteiger partial charge is 0.256 e. The summed E-state index contributed by atoms with van der Waals surface area (Å²) in [7, 11) is 0. The molecule has 1 aromatic heterocycles. The SMILES string of the molecule is Cc1nc(SC(C)CC(C)(C#N)NC2CC2)oc1C. The van der Waals surface area contributed by atoms with Gasteiger partial charge in [0, 0.05) is 11.3 Å². The maximum atomic E-state index is 9.36. The third-order valence-electron chi connectivity index (χ3n) is 3.35. The first-order valence-electron chi connectivity index (χ1n) is 6.71. The lowest BCUT2D eigenvalue weighted by Crippen LogP contribution is -2.44. The number of hydrogen-bond donors (Lipinski definition) is 1. The van der Waals surface area contributed by atoms with Gasteiger partial charge in [-0.2, -0.15) is 5.26 Å². The quantitative estimate of drug-likeness (QED) is 0.810. The first kappa shape index (κ1) is 14.4. The molecule has 5 heteroatoms. The molecule has 2 rings (SSSR count). The van der Waals surface area contributed by atoms with E-state index in [-0.39, 0.29) is 5.25 Å². The van der Waals surface area contributed by atoms with Gasteiger partial charge in [0.15, 0.2) is 0 Å². The van der Waals surface area contributed by atoms with Crippen LogP contribution in [-0.4, -0.2) is 21.8 Å². The molecule has 104 valence electrons. The van der Waals surface area contributed by atoms with Gasteiger partial charge in [-0.15, -0.1) is 0 Å². The van der Waals surface area contributed by atoms with Crippen molar-refractivity contribution in [3.05, 3.63) is 11.5 Å². The molecule has 4 nitrogen and oxygen atoms in total. The van der Waals surface area contributed by atoms with Crippen molar-refractivity contribution < 1.29 is 4.42 Å². The van der Waals surface area contributed by atoms with Crippen LogP contribution < -0.4 is 5.32 Å². The number of aromatic nitrogens is 1. The van der Waals surface area contributed by atoms with E-state index in [9.17, 15) is 5.26 Å². The molecule has 1 saturated carbocycles. The summed E-state index contributed by atoms with van der Waals surface area (Å²) in [5.41, 5.74) is 0.485. The van der Waals surface area contributed by atoms with Crippen LogP contribution in [0.15, 0.2) is 9.64 Å². The molecule has 2 unspecified atom stereocenters. The highest BCUT2D eigenvalue weighted by molar-refractivity contribution is 7.99. The van der Waals surface area contributed by atoms with Crippen LogP contribution in [0, 0.1) is 25.2 Å². The number of aryl methyl sites for hydroxylation is 2. The van der Waals surface area contributed by atoms with Crippen molar-refractivity contribution in [2.24, 2.45) is 0 Å². The summed E-state index contributed by atoms with van der Waals surface area (Å²) in [6.45, 7) is 7.96. The van der Waals surface area contributed by atoms with E-state index in [1.807, 2.05) is 20.8 Å². The Morgan fingerprint density at radius 3 is 2.74 bits per heavy atom. The molecule has 1 aliphatic rings. The van der Waals surface area contributed by atoms with Crippen LogP contribution in [0.2, 0.25) is 0 Å². The van der Waals surface area contributed by atoms with Crippen molar-refractivity contribution >= 4 is 11.8 Å². The van der Waals surface area contributed by atoms with Crippen molar-refractivity contribution in [1.29, 1.82) is 5.26 Å². The molecule has 1 N–H and O–H groups in total. The summed E-state index contributed by atoms with van der Waals surface area (Å²) in [6.07, 6.45) is 3.17. The molecule has 0 spiro atoms. The van der Waals surface area contributed by atoms with Crippen LogP contribution in [0.1, 0.15) is 44.6 Å². The number of rotatable bonds is 6. The number of nitriles is 1. The Bertz CT molecular complexity index is 470. The van der Waals surface area contributed by atoms with Crippen molar-refractivity contribution in [2.75, 3.05) is 0 Å². The predicted molar refractivity (Wildman–Crippen MR) is 76.1 cm³/mol. The van der Waals surface area contributed by atoms with E-state index in [0.29, 0.717) is 11.3 Å². The zero-order valence-corrected chi connectivity index (χ0v) is 12.8. The fraction of sp³-hybridized carbons (Fsp3) is 0.714. The second-order valence-electron chi connectivity index (χ2n) is 5.62. The van der Waals surface area contributed by atoms with Gasteiger partial charge in [-0.05, 0) is 40.0 Å². The molecule has 0 aromatic carbocycles. The fourth-order valence-electron chi connectivity index (χ4n) is 2.10. The van der Waals surface area contributed by atoms with Gasteiger partial charge in [0.05, 0.1) is 11.8 Å². The van der Waals surface area contributed by atoms with Gasteiger partial charge in [0.2, 0.25) is 0 Å². The highest BCUT2D eigenvalue weighted by Crippen LogP contribution is 2.31. The Morgan fingerprint density at radius 1 is 1.58 bits per heavy atom. The number of hydrogen-bond acceptors (Lipinski definition) is 5. The summed E-state index contributed by atoms with van der Waals surface area (Å²) in [5, 5.41) is 13.8. The Hall–Kier alpha value is -0.990. The highest BCUT2D eigenvalue weighted by Gasteiger charge is 2.34. The lowest BCUT2D eigenvalue weighted by Gasteiger charge is -2.25. The van der Waals surface area contributed by atoms with Gasteiger partial charge >= 0.3 is 0 Å². The number of nitrogens with one attached hydrogen (secondary N) is 1. The number of nitrogens with zero attached hydrogens (tertiary/aromatic N) is 2. The van der Waals surface area contributed by atoms with Gasteiger partial charge in [-0.3, -0.25) is 5.32 Å². The molecule has 0 amide bonds. The zero-order chi connectivity index (χ0) is 14.0. The van der Waals surface area contributed by atoms with Gasteiger partial charge < -0.3 is 4.42 Å². The van der Waals surface area contributed by atoms with E-state index in [2.05, 4.69) is 23.3 Å². The van der Waals surface area contributed by atoms with Crippen molar-refractivity contribution in [3.8, 4) is 6.07 Å². The van der Waals surface area contributed by atoms with E-state index in [1.54, 1.807) is 11.8 Å².